The number of hydrogen-bond acceptors (Lipinski definition) is 2. The summed E-state index contributed by atoms with van der Waals surface area (Å²) in [6.07, 6.45) is 0.941. The van der Waals surface area contributed by atoms with Crippen LogP contribution in [0, 0.1) is 6.92 Å². The summed E-state index contributed by atoms with van der Waals surface area (Å²) in [5.74, 6) is 1.00. The molecular formula is C10H14ClNO. The van der Waals surface area contributed by atoms with Gasteiger partial charge in [-0.25, -0.2) is 0 Å². The molecular weight excluding hydrogens is 186 g/mol. The van der Waals surface area contributed by atoms with E-state index in [0.717, 1.165) is 12.2 Å². The number of fused-ring (bicyclic) bond motifs is 1. The number of hydrogen-bond donors (Lipinski definition) is 1. The van der Waals surface area contributed by atoms with Gasteiger partial charge in [0, 0.05) is 6.04 Å². The van der Waals surface area contributed by atoms with Crippen molar-refractivity contribution >= 4 is 12.4 Å². The molecule has 1 unspecified atom stereocenters. The van der Waals surface area contributed by atoms with Crippen LogP contribution in [0.2, 0.25) is 0 Å². The first-order valence-electron chi connectivity index (χ1n) is 4.23. The van der Waals surface area contributed by atoms with Gasteiger partial charge in [-0.3, -0.25) is 0 Å². The highest BCUT2D eigenvalue weighted by Gasteiger charge is 2.15. The highest BCUT2D eigenvalue weighted by molar-refractivity contribution is 5.85. The van der Waals surface area contributed by atoms with E-state index in [9.17, 15) is 0 Å². The topological polar surface area (TPSA) is 35.2 Å². The highest BCUT2D eigenvalue weighted by Crippen LogP contribution is 2.24. The zero-order valence-electron chi connectivity index (χ0n) is 7.62. The van der Waals surface area contributed by atoms with Gasteiger partial charge in [-0.05, 0) is 25.0 Å². The molecule has 1 aromatic carbocycles. The minimum absolute atomic E-state index is 0. The predicted molar refractivity (Wildman–Crippen MR) is 55.6 cm³/mol. The Hall–Kier alpha value is -0.730. The van der Waals surface area contributed by atoms with Crippen molar-refractivity contribution in [2.45, 2.75) is 19.4 Å². The van der Waals surface area contributed by atoms with E-state index < -0.39 is 0 Å². The smallest absolute Gasteiger partial charge is 0.122 e. The van der Waals surface area contributed by atoms with Gasteiger partial charge in [0.05, 0.1) is 0 Å². The average molecular weight is 200 g/mol. The zero-order valence-corrected chi connectivity index (χ0v) is 8.43. The van der Waals surface area contributed by atoms with Crippen molar-refractivity contribution in [3.8, 4) is 5.75 Å². The van der Waals surface area contributed by atoms with Crippen LogP contribution < -0.4 is 10.5 Å². The first-order valence-corrected chi connectivity index (χ1v) is 4.23. The van der Waals surface area contributed by atoms with Crippen molar-refractivity contribution in [2.75, 3.05) is 6.61 Å². The molecule has 1 atom stereocenters. The van der Waals surface area contributed by atoms with E-state index in [1.54, 1.807) is 0 Å². The second-order valence-corrected chi connectivity index (χ2v) is 3.39. The van der Waals surface area contributed by atoms with Crippen molar-refractivity contribution < 1.29 is 4.74 Å². The highest BCUT2D eigenvalue weighted by atomic mass is 35.5. The maximum Gasteiger partial charge on any atom is 0.122 e. The molecule has 0 radical (unpaired) electrons. The van der Waals surface area contributed by atoms with Gasteiger partial charge < -0.3 is 10.5 Å². The molecule has 0 aromatic heterocycles. The summed E-state index contributed by atoms with van der Waals surface area (Å²) in [6.45, 7) is 2.73. The van der Waals surface area contributed by atoms with Gasteiger partial charge in [-0.15, -0.1) is 12.4 Å². The van der Waals surface area contributed by atoms with Crippen molar-refractivity contribution in [3.05, 3.63) is 29.3 Å². The maximum absolute atomic E-state index is 5.77. The monoisotopic (exact) mass is 199 g/mol. The second-order valence-electron chi connectivity index (χ2n) is 3.39. The molecule has 3 heteroatoms. The van der Waals surface area contributed by atoms with E-state index in [4.69, 9.17) is 10.5 Å². The van der Waals surface area contributed by atoms with Gasteiger partial charge >= 0.3 is 0 Å². The Morgan fingerprint density at radius 2 is 2.23 bits per heavy atom. The summed E-state index contributed by atoms with van der Waals surface area (Å²) in [6, 6.07) is 6.40. The lowest BCUT2D eigenvalue weighted by atomic mass is 10.0. The van der Waals surface area contributed by atoms with Crippen LogP contribution in [0.15, 0.2) is 18.2 Å². The third-order valence-electron chi connectivity index (χ3n) is 2.15. The average Bonchev–Trinajstić information content (AvgIpc) is 2.03. The number of benzene rings is 1. The molecule has 2 rings (SSSR count). The number of rotatable bonds is 0. The van der Waals surface area contributed by atoms with E-state index in [-0.39, 0.29) is 18.4 Å². The summed E-state index contributed by atoms with van der Waals surface area (Å²) >= 11 is 0. The summed E-state index contributed by atoms with van der Waals surface area (Å²) in [5, 5.41) is 0. The van der Waals surface area contributed by atoms with Crippen LogP contribution in [0.1, 0.15) is 11.1 Å². The summed E-state index contributed by atoms with van der Waals surface area (Å²) in [7, 11) is 0. The van der Waals surface area contributed by atoms with Crippen molar-refractivity contribution in [2.24, 2.45) is 5.73 Å². The van der Waals surface area contributed by atoms with E-state index >= 15 is 0 Å². The molecule has 1 aromatic rings. The minimum Gasteiger partial charge on any atom is -0.492 e. The predicted octanol–water partition coefficient (Wildman–Crippen LogP) is 1.68. The molecule has 0 bridgehead atoms. The number of halogens is 1. The number of nitrogens with two attached hydrogens (primary N) is 1. The summed E-state index contributed by atoms with van der Waals surface area (Å²) < 4.78 is 5.47. The van der Waals surface area contributed by atoms with Crippen LogP contribution in [0.4, 0.5) is 0 Å². The van der Waals surface area contributed by atoms with Crippen LogP contribution in [0.3, 0.4) is 0 Å². The first-order chi connectivity index (χ1) is 5.75. The van der Waals surface area contributed by atoms with Crippen LogP contribution >= 0.6 is 12.4 Å². The third-order valence-corrected chi connectivity index (χ3v) is 2.15. The van der Waals surface area contributed by atoms with Gasteiger partial charge in [0.1, 0.15) is 12.4 Å². The van der Waals surface area contributed by atoms with E-state index in [2.05, 4.69) is 19.1 Å². The lowest BCUT2D eigenvalue weighted by molar-refractivity contribution is 0.263. The molecule has 0 fully saturated rings. The Kier molecular flexibility index (Phi) is 3.17. The molecule has 2 N–H and O–H groups in total. The molecule has 0 aliphatic carbocycles. The first kappa shape index (κ1) is 10.4. The van der Waals surface area contributed by atoms with Gasteiger partial charge in [-0.1, -0.05) is 17.7 Å². The molecule has 1 heterocycles. The van der Waals surface area contributed by atoms with Crippen molar-refractivity contribution in [3.63, 3.8) is 0 Å². The van der Waals surface area contributed by atoms with Crippen LogP contribution in [0.5, 0.6) is 5.75 Å². The van der Waals surface area contributed by atoms with Crippen LogP contribution in [0.25, 0.3) is 0 Å². The number of ether oxygens (including phenoxy) is 1. The SMILES string of the molecule is Cc1ccc2c(c1)CC(N)CO2.Cl. The second kappa shape index (κ2) is 3.99. The van der Waals surface area contributed by atoms with Crippen molar-refractivity contribution in [1.82, 2.24) is 0 Å². The van der Waals surface area contributed by atoms with Crippen molar-refractivity contribution in [1.29, 1.82) is 0 Å². The number of aryl methyl sites for hydroxylation is 1. The Balaban J connectivity index is 0.000000845. The minimum atomic E-state index is 0. The molecule has 0 saturated heterocycles. The normalized spacial score (nSPS) is 19.7. The Morgan fingerprint density at radius 1 is 1.46 bits per heavy atom. The quantitative estimate of drug-likeness (QED) is 0.690. The van der Waals surface area contributed by atoms with Gasteiger partial charge in [0.2, 0.25) is 0 Å². The third kappa shape index (κ3) is 2.14. The van der Waals surface area contributed by atoms with E-state index in [1.165, 1.54) is 11.1 Å². The van der Waals surface area contributed by atoms with E-state index in [1.807, 2.05) is 6.07 Å². The fourth-order valence-corrected chi connectivity index (χ4v) is 1.55. The Labute approximate surface area is 84.5 Å². The maximum atomic E-state index is 5.77. The summed E-state index contributed by atoms with van der Waals surface area (Å²) in [4.78, 5) is 0. The Bertz CT molecular complexity index is 301. The molecule has 0 amide bonds. The largest absolute Gasteiger partial charge is 0.492 e. The van der Waals surface area contributed by atoms with Gasteiger partial charge in [0.15, 0.2) is 0 Å². The fraction of sp³-hybridized carbons (Fsp3) is 0.400. The molecule has 13 heavy (non-hydrogen) atoms. The standard InChI is InChI=1S/C10H13NO.ClH/c1-7-2-3-10-8(4-7)5-9(11)6-12-10;/h2-4,9H,5-6,11H2,1H3;1H. The zero-order chi connectivity index (χ0) is 8.55. The summed E-state index contributed by atoms with van der Waals surface area (Å²) in [5.41, 5.74) is 8.29. The molecule has 0 saturated carbocycles. The fourth-order valence-electron chi connectivity index (χ4n) is 1.55. The van der Waals surface area contributed by atoms with Gasteiger partial charge in [-0.2, -0.15) is 0 Å². The molecule has 72 valence electrons. The van der Waals surface area contributed by atoms with Crippen LogP contribution in [-0.2, 0) is 6.42 Å². The molecule has 2 nitrogen and oxygen atoms in total. The molecule has 1 aliphatic heterocycles. The van der Waals surface area contributed by atoms with Crippen LogP contribution in [-0.4, -0.2) is 12.6 Å². The Morgan fingerprint density at radius 3 is 3.00 bits per heavy atom. The van der Waals surface area contributed by atoms with Gasteiger partial charge in [0.25, 0.3) is 0 Å². The lowest BCUT2D eigenvalue weighted by Crippen LogP contribution is -2.33. The molecule has 1 aliphatic rings. The molecule has 0 spiro atoms. The lowest BCUT2D eigenvalue weighted by Gasteiger charge is -2.22. The van der Waals surface area contributed by atoms with E-state index in [0.29, 0.717) is 6.61 Å².